The monoisotopic (exact) mass is 455 g/mol. The number of carboxylic acids is 3. The van der Waals surface area contributed by atoms with Crippen LogP contribution in [-0.2, 0) is 19.2 Å². The van der Waals surface area contributed by atoms with Crippen molar-refractivity contribution in [2.24, 2.45) is 5.92 Å². The van der Waals surface area contributed by atoms with Gasteiger partial charge in [-0.1, -0.05) is 13.8 Å². The largest absolute Gasteiger partial charge is 1.00 e. The number of nitrogens with zero attached hydrogens (tertiary/aromatic N) is 3. The third-order valence-electron chi connectivity index (χ3n) is 3.84. The first-order valence-electron chi connectivity index (χ1n) is 9.19. The Kier molecular flexibility index (Phi) is 23.1. The van der Waals surface area contributed by atoms with Crippen molar-refractivity contribution in [2.75, 3.05) is 58.9 Å². The van der Waals surface area contributed by atoms with E-state index < -0.39 is 17.9 Å². The van der Waals surface area contributed by atoms with E-state index in [0.717, 1.165) is 0 Å². The fourth-order valence-electron chi connectivity index (χ4n) is 2.16. The molecule has 0 saturated heterocycles. The molecule has 0 aliphatic carbocycles. The smallest absolute Gasteiger partial charge is 0.503 e. The molecule has 11 heteroatoms. The molecule has 0 unspecified atom stereocenters. The van der Waals surface area contributed by atoms with Crippen molar-refractivity contribution in [1.29, 1.82) is 0 Å². The van der Waals surface area contributed by atoms with Gasteiger partial charge in [0.1, 0.15) is 5.78 Å². The molecule has 0 amide bonds. The fourth-order valence-corrected chi connectivity index (χ4v) is 2.16. The van der Waals surface area contributed by atoms with Crippen LogP contribution in [0.2, 0.25) is 0 Å². The van der Waals surface area contributed by atoms with Gasteiger partial charge in [-0.15, -0.1) is 13.1 Å². The van der Waals surface area contributed by atoms with E-state index in [1.165, 1.54) is 0 Å². The molecule has 0 spiro atoms. The number of ketones is 1. The maximum atomic E-state index is 12.1. The van der Waals surface area contributed by atoms with E-state index in [2.05, 4.69) is 20.8 Å². The number of carbonyl (C=O) groups excluding carboxylic acids is 1. The quantitative estimate of drug-likeness (QED) is 0.172. The van der Waals surface area contributed by atoms with Crippen molar-refractivity contribution in [1.82, 2.24) is 14.7 Å². The van der Waals surface area contributed by atoms with E-state index in [-0.39, 0.29) is 82.7 Å². The van der Waals surface area contributed by atoms with Crippen molar-refractivity contribution in [3.8, 4) is 0 Å². The van der Waals surface area contributed by atoms with E-state index in [4.69, 9.17) is 20.1 Å². The minimum Gasteiger partial charge on any atom is -0.503 e. The maximum absolute atomic E-state index is 12.1. The number of aliphatic carboxylic acids is 3. The zero-order chi connectivity index (χ0) is 23.0. The van der Waals surface area contributed by atoms with Gasteiger partial charge in [0, 0.05) is 32.1 Å². The van der Waals surface area contributed by atoms with Crippen LogP contribution in [0.4, 0.5) is 0 Å². The van der Waals surface area contributed by atoms with E-state index in [0.29, 0.717) is 39.3 Å². The molecule has 30 heavy (non-hydrogen) atoms. The van der Waals surface area contributed by atoms with Gasteiger partial charge in [0.15, 0.2) is 5.97 Å². The molecule has 0 bridgehead atoms. The molecule has 0 aliphatic heterocycles. The van der Waals surface area contributed by atoms with Crippen LogP contribution < -0.4 is 51.4 Å². The standard InChI is InChI=1S/C17H31N3O5.C2H3O2.K/c1-5-18(12-16(22)23)7-9-20(11-15(21)14(3)4)10-8-19(6-2)13-17(24)25;1-2(3)4;/h14H,1-2,5-13H2,3-4H3,(H,22,23)(H,24,25);1H2,(H,3,4);/q-2;-1;+1. The SMILES string of the molecule is [CH2-]C(=O)O.[CH2-]CN(CCN(CCN(C[CH2-])CC(=O)O)CC(=O)C(C)C)CC(=O)O.[K+]. The summed E-state index contributed by atoms with van der Waals surface area (Å²) in [6.07, 6.45) is 0. The summed E-state index contributed by atoms with van der Waals surface area (Å²) in [6.45, 7) is 16.4. The Bertz CT molecular complexity index is 486. The normalized spacial score (nSPS) is 10.5. The number of hydrogen-bond donors (Lipinski definition) is 3. The zero-order valence-corrected chi connectivity index (χ0v) is 21.5. The fraction of sp³-hybridized carbons (Fsp3) is 0.632. The van der Waals surface area contributed by atoms with Crippen LogP contribution in [0.25, 0.3) is 0 Å². The van der Waals surface area contributed by atoms with Crippen LogP contribution in [0.3, 0.4) is 0 Å². The van der Waals surface area contributed by atoms with Crippen LogP contribution in [0, 0.1) is 26.7 Å². The van der Waals surface area contributed by atoms with Crippen LogP contribution in [0.15, 0.2) is 0 Å². The summed E-state index contributed by atoms with van der Waals surface area (Å²) in [5, 5.41) is 25.1. The summed E-state index contributed by atoms with van der Waals surface area (Å²) < 4.78 is 0. The number of Topliss-reactive ketones (excluding diaryl/α,β-unsaturated/α-hetero) is 1. The summed E-state index contributed by atoms with van der Waals surface area (Å²) in [5.41, 5.74) is 0. The Morgan fingerprint density at radius 1 is 0.733 bits per heavy atom. The molecular formula is C19H34KN3O7-2. The summed E-state index contributed by atoms with van der Waals surface area (Å²) in [6, 6.07) is 0. The maximum Gasteiger partial charge on any atom is 1.00 e. The summed E-state index contributed by atoms with van der Waals surface area (Å²) in [7, 11) is 0. The predicted molar refractivity (Wildman–Crippen MR) is 108 cm³/mol. The summed E-state index contributed by atoms with van der Waals surface area (Å²) in [5.74, 6) is -2.91. The van der Waals surface area contributed by atoms with E-state index in [1.54, 1.807) is 9.80 Å². The van der Waals surface area contributed by atoms with Gasteiger partial charge in [0.2, 0.25) is 0 Å². The van der Waals surface area contributed by atoms with E-state index >= 15 is 0 Å². The summed E-state index contributed by atoms with van der Waals surface area (Å²) >= 11 is 0. The molecule has 0 rings (SSSR count). The first kappa shape index (κ1) is 34.1. The molecule has 170 valence electrons. The van der Waals surface area contributed by atoms with E-state index in [1.807, 2.05) is 18.7 Å². The van der Waals surface area contributed by atoms with Gasteiger partial charge in [0.05, 0.1) is 19.6 Å². The van der Waals surface area contributed by atoms with Crippen molar-refractivity contribution >= 4 is 23.7 Å². The first-order valence-corrected chi connectivity index (χ1v) is 9.19. The van der Waals surface area contributed by atoms with Gasteiger partial charge in [-0.05, 0) is 0 Å². The predicted octanol–water partition coefficient (Wildman–Crippen LogP) is -3.14. The second-order valence-electron chi connectivity index (χ2n) is 6.63. The van der Waals surface area contributed by atoms with Crippen LogP contribution >= 0.6 is 0 Å². The Hall–Kier alpha value is -0.534. The molecule has 0 aromatic rings. The number of carbonyl (C=O) groups is 4. The molecule has 0 aromatic carbocycles. The molecule has 0 atom stereocenters. The number of rotatable bonds is 15. The molecule has 3 N–H and O–H groups in total. The van der Waals surface area contributed by atoms with Crippen molar-refractivity contribution in [3.63, 3.8) is 0 Å². The van der Waals surface area contributed by atoms with Crippen molar-refractivity contribution in [3.05, 3.63) is 20.8 Å². The molecule has 0 fully saturated rings. The first-order chi connectivity index (χ1) is 13.4. The molecule has 0 aromatic heterocycles. The molecule has 0 saturated carbocycles. The summed E-state index contributed by atoms with van der Waals surface area (Å²) in [4.78, 5) is 47.9. The Morgan fingerprint density at radius 2 is 1.03 bits per heavy atom. The Balaban J connectivity index is -0.00000133. The van der Waals surface area contributed by atoms with Gasteiger partial charge in [-0.2, -0.15) is 0 Å². The average Bonchev–Trinajstić information content (AvgIpc) is 2.59. The van der Waals surface area contributed by atoms with Gasteiger partial charge >= 0.3 is 63.3 Å². The molecule has 0 radical (unpaired) electrons. The minimum atomic E-state index is -1.08. The Morgan fingerprint density at radius 3 is 1.27 bits per heavy atom. The minimum absolute atomic E-state index is 0. The van der Waals surface area contributed by atoms with Crippen LogP contribution in [0.5, 0.6) is 0 Å². The van der Waals surface area contributed by atoms with Gasteiger partial charge in [-0.3, -0.25) is 31.0 Å². The van der Waals surface area contributed by atoms with Crippen LogP contribution in [0.1, 0.15) is 13.8 Å². The third kappa shape index (κ3) is 22.2. The zero-order valence-electron chi connectivity index (χ0n) is 18.4. The molecular weight excluding hydrogens is 421 g/mol. The number of carboxylic acid groups (broad SMARTS) is 3. The van der Waals surface area contributed by atoms with Crippen molar-refractivity contribution < 1.29 is 85.9 Å². The Labute approximate surface area is 222 Å². The van der Waals surface area contributed by atoms with Crippen LogP contribution in [-0.4, -0.2) is 113 Å². The topological polar surface area (TPSA) is 139 Å². The molecule has 0 aliphatic rings. The van der Waals surface area contributed by atoms with E-state index in [9.17, 15) is 14.4 Å². The van der Waals surface area contributed by atoms with Crippen molar-refractivity contribution in [2.45, 2.75) is 13.8 Å². The van der Waals surface area contributed by atoms with Gasteiger partial charge < -0.3 is 39.0 Å². The second kappa shape index (κ2) is 20.4. The second-order valence-corrected chi connectivity index (χ2v) is 6.63. The molecule has 10 nitrogen and oxygen atoms in total. The van der Waals surface area contributed by atoms with Gasteiger partial charge in [0.25, 0.3) is 0 Å². The third-order valence-corrected chi connectivity index (χ3v) is 3.84. The average molecular weight is 456 g/mol. The van der Waals surface area contributed by atoms with Gasteiger partial charge in [-0.25, -0.2) is 0 Å². The molecule has 0 heterocycles. The number of hydrogen-bond acceptors (Lipinski definition) is 7.